The standard InChI is InChI=1S/C11H14N4O2/c12-11-13-9-4-1-5-10(15(9)14-11)17-7-8-3-2-6-16-8/h1,4-5,8H,2-3,6-7H2,(H2,12,14). The van der Waals surface area contributed by atoms with Gasteiger partial charge in [-0.3, -0.25) is 0 Å². The molecule has 1 aliphatic heterocycles. The van der Waals surface area contributed by atoms with E-state index >= 15 is 0 Å². The molecular formula is C11H14N4O2. The van der Waals surface area contributed by atoms with Crippen molar-refractivity contribution < 1.29 is 9.47 Å². The predicted octanol–water partition coefficient (Wildman–Crippen LogP) is 0.869. The topological polar surface area (TPSA) is 74.7 Å². The van der Waals surface area contributed by atoms with E-state index in [1.165, 1.54) is 0 Å². The summed E-state index contributed by atoms with van der Waals surface area (Å²) in [5.74, 6) is 0.889. The van der Waals surface area contributed by atoms with Crippen LogP contribution in [0.2, 0.25) is 0 Å². The third kappa shape index (κ3) is 2.03. The Labute approximate surface area is 98.3 Å². The van der Waals surface area contributed by atoms with Gasteiger partial charge < -0.3 is 15.2 Å². The first-order chi connectivity index (χ1) is 8.33. The van der Waals surface area contributed by atoms with E-state index in [0.29, 0.717) is 18.1 Å². The summed E-state index contributed by atoms with van der Waals surface area (Å²) < 4.78 is 12.8. The molecular weight excluding hydrogens is 220 g/mol. The minimum atomic E-state index is 0.186. The molecule has 6 nitrogen and oxygen atoms in total. The van der Waals surface area contributed by atoms with Crippen LogP contribution in [0.5, 0.6) is 5.88 Å². The summed E-state index contributed by atoms with van der Waals surface area (Å²) in [5.41, 5.74) is 6.24. The van der Waals surface area contributed by atoms with Crippen molar-refractivity contribution in [3.63, 3.8) is 0 Å². The maximum atomic E-state index is 5.70. The molecule has 2 aromatic rings. The average Bonchev–Trinajstić information content (AvgIpc) is 2.93. The Hall–Kier alpha value is -1.82. The number of aromatic nitrogens is 3. The fourth-order valence-corrected chi connectivity index (χ4v) is 1.96. The van der Waals surface area contributed by atoms with Gasteiger partial charge in [-0.1, -0.05) is 6.07 Å². The highest BCUT2D eigenvalue weighted by molar-refractivity contribution is 5.44. The zero-order valence-corrected chi connectivity index (χ0v) is 9.37. The van der Waals surface area contributed by atoms with Gasteiger partial charge in [-0.05, 0) is 18.9 Å². The van der Waals surface area contributed by atoms with Gasteiger partial charge in [0, 0.05) is 12.7 Å². The molecule has 90 valence electrons. The van der Waals surface area contributed by atoms with Gasteiger partial charge in [-0.15, -0.1) is 5.10 Å². The summed E-state index contributed by atoms with van der Waals surface area (Å²) in [6.45, 7) is 1.37. The largest absolute Gasteiger partial charge is 0.475 e. The predicted molar refractivity (Wildman–Crippen MR) is 61.9 cm³/mol. The van der Waals surface area contributed by atoms with E-state index in [1.54, 1.807) is 4.52 Å². The van der Waals surface area contributed by atoms with Crippen LogP contribution >= 0.6 is 0 Å². The highest BCUT2D eigenvalue weighted by Crippen LogP contribution is 2.17. The van der Waals surface area contributed by atoms with Crippen molar-refractivity contribution >= 4 is 11.6 Å². The lowest BCUT2D eigenvalue weighted by Gasteiger charge is -2.11. The zero-order valence-electron chi connectivity index (χ0n) is 9.37. The number of ether oxygens (including phenoxy) is 2. The number of hydrogen-bond acceptors (Lipinski definition) is 5. The molecule has 0 aromatic carbocycles. The Morgan fingerprint density at radius 3 is 3.29 bits per heavy atom. The molecule has 3 rings (SSSR count). The van der Waals surface area contributed by atoms with Gasteiger partial charge in [0.25, 0.3) is 0 Å². The second-order valence-corrected chi connectivity index (χ2v) is 4.05. The van der Waals surface area contributed by atoms with Gasteiger partial charge in [0.05, 0.1) is 6.10 Å². The van der Waals surface area contributed by atoms with E-state index in [2.05, 4.69) is 10.1 Å². The molecule has 0 aliphatic carbocycles. The van der Waals surface area contributed by atoms with Crippen molar-refractivity contribution in [1.29, 1.82) is 0 Å². The summed E-state index contributed by atoms with van der Waals surface area (Å²) in [5, 5.41) is 4.08. The van der Waals surface area contributed by atoms with Crippen LogP contribution in [-0.4, -0.2) is 33.9 Å². The first kappa shape index (κ1) is 10.3. The summed E-state index contributed by atoms with van der Waals surface area (Å²) >= 11 is 0. The number of hydrogen-bond donors (Lipinski definition) is 1. The van der Waals surface area contributed by atoms with Crippen LogP contribution in [0.15, 0.2) is 18.2 Å². The minimum Gasteiger partial charge on any atom is -0.475 e. The van der Waals surface area contributed by atoms with E-state index in [0.717, 1.165) is 19.4 Å². The number of rotatable bonds is 3. The highest BCUT2D eigenvalue weighted by Gasteiger charge is 2.16. The number of anilines is 1. The van der Waals surface area contributed by atoms with Gasteiger partial charge in [0.1, 0.15) is 6.61 Å². The third-order valence-corrected chi connectivity index (χ3v) is 2.78. The molecule has 1 atom stereocenters. The maximum absolute atomic E-state index is 5.70. The van der Waals surface area contributed by atoms with Crippen molar-refractivity contribution in [2.24, 2.45) is 0 Å². The molecule has 1 fully saturated rings. The van der Waals surface area contributed by atoms with Crippen LogP contribution in [0.25, 0.3) is 5.65 Å². The Balaban J connectivity index is 1.79. The first-order valence-corrected chi connectivity index (χ1v) is 5.68. The second kappa shape index (κ2) is 4.21. The average molecular weight is 234 g/mol. The fourth-order valence-electron chi connectivity index (χ4n) is 1.96. The second-order valence-electron chi connectivity index (χ2n) is 4.05. The Morgan fingerprint density at radius 2 is 2.47 bits per heavy atom. The number of nitrogen functional groups attached to an aromatic ring is 1. The smallest absolute Gasteiger partial charge is 0.240 e. The molecule has 1 unspecified atom stereocenters. The lowest BCUT2D eigenvalue weighted by Crippen LogP contribution is -2.17. The van der Waals surface area contributed by atoms with Crippen molar-refractivity contribution in [1.82, 2.24) is 14.6 Å². The van der Waals surface area contributed by atoms with Crippen molar-refractivity contribution in [3.8, 4) is 5.88 Å². The molecule has 0 saturated carbocycles. The molecule has 2 N–H and O–H groups in total. The number of nitrogens with zero attached hydrogens (tertiary/aromatic N) is 3. The van der Waals surface area contributed by atoms with E-state index in [9.17, 15) is 0 Å². The Morgan fingerprint density at radius 1 is 1.53 bits per heavy atom. The van der Waals surface area contributed by atoms with E-state index in [-0.39, 0.29) is 12.1 Å². The number of pyridine rings is 1. The molecule has 0 radical (unpaired) electrons. The lowest BCUT2D eigenvalue weighted by atomic mass is 10.2. The fraction of sp³-hybridized carbons (Fsp3) is 0.455. The van der Waals surface area contributed by atoms with E-state index in [1.807, 2.05) is 18.2 Å². The van der Waals surface area contributed by atoms with Crippen LogP contribution in [-0.2, 0) is 4.74 Å². The van der Waals surface area contributed by atoms with Crippen LogP contribution in [0.3, 0.4) is 0 Å². The molecule has 2 aromatic heterocycles. The molecule has 1 aliphatic rings. The molecule has 0 amide bonds. The maximum Gasteiger partial charge on any atom is 0.240 e. The molecule has 17 heavy (non-hydrogen) atoms. The van der Waals surface area contributed by atoms with Crippen LogP contribution < -0.4 is 10.5 Å². The van der Waals surface area contributed by atoms with Gasteiger partial charge in [-0.25, -0.2) is 0 Å². The molecule has 6 heteroatoms. The molecule has 0 spiro atoms. The van der Waals surface area contributed by atoms with Crippen LogP contribution in [0.1, 0.15) is 12.8 Å². The third-order valence-electron chi connectivity index (χ3n) is 2.78. The minimum absolute atomic E-state index is 0.186. The van der Waals surface area contributed by atoms with Gasteiger partial charge >= 0.3 is 0 Å². The summed E-state index contributed by atoms with van der Waals surface area (Å²) in [6, 6.07) is 5.55. The Kier molecular flexibility index (Phi) is 2.56. The molecule has 1 saturated heterocycles. The normalized spacial score (nSPS) is 19.9. The lowest BCUT2D eigenvalue weighted by molar-refractivity contribution is 0.0655. The number of fused-ring (bicyclic) bond motifs is 1. The summed E-state index contributed by atoms with van der Waals surface area (Å²) in [4.78, 5) is 4.07. The van der Waals surface area contributed by atoms with Gasteiger partial charge in [-0.2, -0.15) is 9.50 Å². The Bertz CT molecular complexity index is 519. The van der Waals surface area contributed by atoms with Crippen molar-refractivity contribution in [2.75, 3.05) is 18.9 Å². The molecule has 3 heterocycles. The monoisotopic (exact) mass is 234 g/mol. The zero-order chi connectivity index (χ0) is 11.7. The van der Waals surface area contributed by atoms with Crippen LogP contribution in [0.4, 0.5) is 5.95 Å². The van der Waals surface area contributed by atoms with E-state index in [4.69, 9.17) is 15.2 Å². The summed E-state index contributed by atoms with van der Waals surface area (Å²) in [7, 11) is 0. The van der Waals surface area contributed by atoms with Crippen LogP contribution in [0, 0.1) is 0 Å². The van der Waals surface area contributed by atoms with Crippen molar-refractivity contribution in [3.05, 3.63) is 18.2 Å². The van der Waals surface area contributed by atoms with Gasteiger partial charge in [0.2, 0.25) is 11.8 Å². The van der Waals surface area contributed by atoms with E-state index < -0.39 is 0 Å². The highest BCUT2D eigenvalue weighted by atomic mass is 16.5. The molecule has 0 bridgehead atoms. The summed E-state index contributed by atoms with van der Waals surface area (Å²) in [6.07, 6.45) is 2.34. The SMILES string of the molecule is Nc1nc2cccc(OCC3CCCO3)n2n1. The number of nitrogens with two attached hydrogens (primary N) is 1. The first-order valence-electron chi connectivity index (χ1n) is 5.68. The van der Waals surface area contributed by atoms with Gasteiger partial charge in [0.15, 0.2) is 5.65 Å². The quantitative estimate of drug-likeness (QED) is 0.852. The van der Waals surface area contributed by atoms with Crippen molar-refractivity contribution in [2.45, 2.75) is 18.9 Å².